The summed E-state index contributed by atoms with van der Waals surface area (Å²) in [6.45, 7) is 1.90. The van der Waals surface area contributed by atoms with E-state index < -0.39 is 0 Å². The molecule has 0 fully saturated rings. The van der Waals surface area contributed by atoms with Gasteiger partial charge in [-0.1, -0.05) is 24.3 Å². The van der Waals surface area contributed by atoms with Gasteiger partial charge in [-0.25, -0.2) is 0 Å². The van der Waals surface area contributed by atoms with Gasteiger partial charge in [0, 0.05) is 28.4 Å². The third-order valence-electron chi connectivity index (χ3n) is 4.39. The first kappa shape index (κ1) is 15.7. The molecule has 0 saturated heterocycles. The molecular weight excluding hydrogens is 336 g/mol. The van der Waals surface area contributed by atoms with Gasteiger partial charge in [0.25, 0.3) is 5.56 Å². The summed E-state index contributed by atoms with van der Waals surface area (Å²) in [5.41, 5.74) is 8.31. The Morgan fingerprint density at radius 3 is 2.52 bits per heavy atom. The Morgan fingerprint density at radius 2 is 1.84 bits per heavy atom. The molecule has 2 aromatic carbocycles. The van der Waals surface area contributed by atoms with Gasteiger partial charge in [0.1, 0.15) is 16.2 Å². The second-order valence-corrected chi connectivity index (χ2v) is 6.98. The van der Waals surface area contributed by atoms with Crippen LogP contribution < -0.4 is 11.3 Å². The number of nitrogens with two attached hydrogens (primary N) is 1. The average Bonchev–Trinajstić information content (AvgIpc) is 3.07. The fourth-order valence-electron chi connectivity index (χ4n) is 3.15. The Kier molecular flexibility index (Phi) is 3.52. The van der Waals surface area contributed by atoms with E-state index in [9.17, 15) is 15.0 Å². The van der Waals surface area contributed by atoms with E-state index in [1.54, 1.807) is 0 Å². The molecular formula is C19H16N2O3S. The van der Waals surface area contributed by atoms with Crippen LogP contribution in [-0.4, -0.2) is 15.2 Å². The summed E-state index contributed by atoms with van der Waals surface area (Å²) >= 11 is 1.33. The smallest absolute Gasteiger partial charge is 0.266 e. The Bertz CT molecular complexity index is 1160. The number of phenolic OH excluding ortho intramolecular Hbond substituents is 2. The van der Waals surface area contributed by atoms with Crippen LogP contribution in [0.2, 0.25) is 0 Å². The van der Waals surface area contributed by atoms with Crippen LogP contribution in [0.4, 0.5) is 0 Å². The van der Waals surface area contributed by atoms with Crippen molar-refractivity contribution in [3.8, 4) is 22.6 Å². The highest BCUT2D eigenvalue weighted by Crippen LogP contribution is 2.43. The lowest BCUT2D eigenvalue weighted by Gasteiger charge is -2.13. The molecule has 4 aromatic rings. The zero-order chi connectivity index (χ0) is 17.7. The van der Waals surface area contributed by atoms with Crippen molar-refractivity contribution >= 4 is 32.3 Å². The van der Waals surface area contributed by atoms with E-state index in [2.05, 4.69) is 4.98 Å². The molecule has 25 heavy (non-hydrogen) atoms. The number of aromatic amines is 1. The molecule has 0 radical (unpaired) electrons. The lowest BCUT2D eigenvalue weighted by atomic mass is 9.95. The van der Waals surface area contributed by atoms with Crippen LogP contribution in [0.5, 0.6) is 11.5 Å². The Balaban J connectivity index is 2.13. The SMILES string of the molecule is C[C@@H](N)c1ccc(-c2c(O)cc(O)c3[nH]c(=O)c4sccc4c23)cc1. The fourth-order valence-corrected chi connectivity index (χ4v) is 3.94. The standard InChI is InChI=1S/C19H16N2O3S/c1-9(20)10-2-4-11(5-3-10)15-13(22)8-14(23)17-16(15)12-6-7-25-18(12)19(24)21-17/h2-9,22-23H,20H2,1H3,(H,21,24)/t9-/m1/s1. The highest BCUT2D eigenvalue weighted by molar-refractivity contribution is 7.17. The normalized spacial score (nSPS) is 12.7. The minimum atomic E-state index is -0.253. The van der Waals surface area contributed by atoms with Gasteiger partial charge in [0.15, 0.2) is 0 Å². The second kappa shape index (κ2) is 5.61. The molecule has 126 valence electrons. The van der Waals surface area contributed by atoms with E-state index in [1.807, 2.05) is 42.6 Å². The van der Waals surface area contributed by atoms with Crippen molar-refractivity contribution in [2.75, 3.05) is 0 Å². The molecule has 0 amide bonds. The maximum atomic E-state index is 12.2. The quantitative estimate of drug-likeness (QED) is 0.440. The van der Waals surface area contributed by atoms with Gasteiger partial charge in [0.2, 0.25) is 0 Å². The molecule has 6 heteroatoms. The molecule has 0 spiro atoms. The number of phenols is 2. The molecule has 5 nitrogen and oxygen atoms in total. The van der Waals surface area contributed by atoms with Gasteiger partial charge in [-0.15, -0.1) is 11.3 Å². The van der Waals surface area contributed by atoms with Crippen molar-refractivity contribution < 1.29 is 10.2 Å². The van der Waals surface area contributed by atoms with Crippen molar-refractivity contribution in [2.45, 2.75) is 13.0 Å². The summed E-state index contributed by atoms with van der Waals surface area (Å²) in [6, 6.07) is 10.6. The summed E-state index contributed by atoms with van der Waals surface area (Å²) in [5, 5.41) is 23.9. The molecule has 0 bridgehead atoms. The van der Waals surface area contributed by atoms with Crippen LogP contribution in [0.3, 0.4) is 0 Å². The highest BCUT2D eigenvalue weighted by atomic mass is 32.1. The van der Waals surface area contributed by atoms with Gasteiger partial charge in [-0.2, -0.15) is 0 Å². The van der Waals surface area contributed by atoms with Crippen LogP contribution >= 0.6 is 11.3 Å². The summed E-state index contributed by atoms with van der Waals surface area (Å²) in [7, 11) is 0. The van der Waals surface area contributed by atoms with Crippen molar-refractivity contribution in [1.29, 1.82) is 0 Å². The number of aromatic nitrogens is 1. The monoisotopic (exact) mass is 352 g/mol. The molecule has 0 saturated carbocycles. The van der Waals surface area contributed by atoms with Crippen LogP contribution in [0.15, 0.2) is 46.6 Å². The molecule has 5 N–H and O–H groups in total. The summed E-state index contributed by atoms with van der Waals surface area (Å²) in [4.78, 5) is 15.0. The fraction of sp³-hybridized carbons (Fsp3) is 0.105. The van der Waals surface area contributed by atoms with E-state index in [0.29, 0.717) is 26.6 Å². The van der Waals surface area contributed by atoms with Gasteiger partial charge >= 0.3 is 0 Å². The maximum absolute atomic E-state index is 12.2. The van der Waals surface area contributed by atoms with E-state index in [4.69, 9.17) is 5.73 Å². The predicted molar refractivity (Wildman–Crippen MR) is 101 cm³/mol. The lowest BCUT2D eigenvalue weighted by molar-refractivity contribution is 0.455. The molecule has 0 aliphatic carbocycles. The predicted octanol–water partition coefficient (Wildman–Crippen LogP) is 3.84. The molecule has 2 aromatic heterocycles. The minimum absolute atomic E-state index is 0.0434. The van der Waals surface area contributed by atoms with Crippen LogP contribution in [-0.2, 0) is 0 Å². The van der Waals surface area contributed by atoms with Gasteiger partial charge in [-0.3, -0.25) is 4.79 Å². The third-order valence-corrected chi connectivity index (χ3v) is 5.30. The van der Waals surface area contributed by atoms with Gasteiger partial charge in [0.05, 0.1) is 5.52 Å². The number of hydrogen-bond donors (Lipinski definition) is 4. The summed E-state index contributed by atoms with van der Waals surface area (Å²) in [5.74, 6) is -0.202. The van der Waals surface area contributed by atoms with Crippen molar-refractivity contribution in [1.82, 2.24) is 4.98 Å². The van der Waals surface area contributed by atoms with Crippen LogP contribution in [0, 0.1) is 0 Å². The number of hydrogen-bond acceptors (Lipinski definition) is 5. The summed E-state index contributed by atoms with van der Waals surface area (Å²) < 4.78 is 0.561. The zero-order valence-electron chi connectivity index (χ0n) is 13.4. The van der Waals surface area contributed by atoms with Gasteiger partial charge < -0.3 is 20.9 Å². The molecule has 0 aliphatic rings. The van der Waals surface area contributed by atoms with E-state index in [0.717, 1.165) is 11.1 Å². The number of thiophene rings is 1. The van der Waals surface area contributed by atoms with Crippen LogP contribution in [0.1, 0.15) is 18.5 Å². The topological polar surface area (TPSA) is 99.3 Å². The Morgan fingerprint density at radius 1 is 1.12 bits per heavy atom. The number of benzene rings is 2. The molecule has 0 aliphatic heterocycles. The lowest BCUT2D eigenvalue weighted by Crippen LogP contribution is -2.05. The molecule has 4 rings (SSSR count). The third kappa shape index (κ3) is 2.38. The van der Waals surface area contributed by atoms with Crippen LogP contribution in [0.25, 0.3) is 32.1 Å². The van der Waals surface area contributed by atoms with E-state index in [1.165, 1.54) is 17.4 Å². The second-order valence-electron chi connectivity index (χ2n) is 6.07. The Labute approximate surface area is 147 Å². The Hall–Kier alpha value is -2.83. The summed E-state index contributed by atoms with van der Waals surface area (Å²) in [6.07, 6.45) is 0. The maximum Gasteiger partial charge on any atom is 0.266 e. The van der Waals surface area contributed by atoms with Crippen molar-refractivity contribution in [3.63, 3.8) is 0 Å². The number of fused-ring (bicyclic) bond motifs is 3. The van der Waals surface area contributed by atoms with E-state index in [-0.39, 0.29) is 23.1 Å². The largest absolute Gasteiger partial charge is 0.507 e. The highest BCUT2D eigenvalue weighted by Gasteiger charge is 2.18. The average molecular weight is 352 g/mol. The first-order chi connectivity index (χ1) is 12.0. The van der Waals surface area contributed by atoms with Gasteiger partial charge in [-0.05, 0) is 29.5 Å². The minimum Gasteiger partial charge on any atom is -0.507 e. The molecule has 2 heterocycles. The van der Waals surface area contributed by atoms with Crippen molar-refractivity contribution in [2.24, 2.45) is 5.73 Å². The number of aromatic hydroxyl groups is 2. The molecule has 0 unspecified atom stereocenters. The molecule has 1 atom stereocenters. The first-order valence-electron chi connectivity index (χ1n) is 7.81. The number of rotatable bonds is 2. The van der Waals surface area contributed by atoms with Crippen molar-refractivity contribution in [3.05, 3.63) is 57.7 Å². The first-order valence-corrected chi connectivity index (χ1v) is 8.69. The number of H-pyrrole nitrogens is 1. The van der Waals surface area contributed by atoms with E-state index >= 15 is 0 Å². The number of pyridine rings is 1. The number of nitrogens with one attached hydrogen (secondary N) is 1. The zero-order valence-corrected chi connectivity index (χ0v) is 14.2.